The number of hydrogen-bond donors (Lipinski definition) is 7. The molecule has 0 aliphatic heterocycles. The maximum atomic E-state index is 10.8. The molecule has 8 heteroatoms. The number of carbonyl (C=O) groups excluding carboxylic acids is 1. The average molecular weight is 243 g/mol. The number of nitrogens with two attached hydrogens (primary N) is 1. The van der Waals surface area contributed by atoms with Gasteiger partial charge in [0, 0.05) is 12.1 Å². The Labute approximate surface area is 96.3 Å². The van der Waals surface area contributed by atoms with Crippen molar-refractivity contribution >= 4 is 5.91 Å². The number of phenolic OH excluding ortho intramolecular Hbond substituents is 3. The topological polar surface area (TPSA) is 148 Å². The lowest BCUT2D eigenvalue weighted by atomic mass is 10.2. The summed E-state index contributed by atoms with van der Waals surface area (Å²) < 4.78 is 0. The first kappa shape index (κ1) is 13.0. The van der Waals surface area contributed by atoms with E-state index in [1.54, 1.807) is 0 Å². The van der Waals surface area contributed by atoms with Crippen LogP contribution in [0.1, 0.15) is 5.56 Å². The summed E-state index contributed by atoms with van der Waals surface area (Å²) in [5.41, 5.74) is 9.56. The number of aromatic hydroxyl groups is 3. The van der Waals surface area contributed by atoms with E-state index >= 15 is 0 Å². The Hall–Kier alpha value is -2.03. The van der Waals surface area contributed by atoms with Gasteiger partial charge in [0.1, 0.15) is 0 Å². The Morgan fingerprint density at radius 3 is 2.53 bits per heavy atom. The third-order valence-corrected chi connectivity index (χ3v) is 1.97. The smallest absolute Gasteiger partial charge is 0.277 e. The Balaban J connectivity index is 2.59. The molecule has 0 spiro atoms. The SMILES string of the molecule is NC(O)C(=O)NNCc1ccc(O)c(O)c1O. The Bertz CT molecular complexity index is 421. The fourth-order valence-corrected chi connectivity index (χ4v) is 1.05. The Morgan fingerprint density at radius 1 is 1.29 bits per heavy atom. The summed E-state index contributed by atoms with van der Waals surface area (Å²) in [6.45, 7) is -0.0296. The van der Waals surface area contributed by atoms with Gasteiger partial charge in [-0.25, -0.2) is 5.43 Å². The van der Waals surface area contributed by atoms with Crippen LogP contribution in [0.15, 0.2) is 12.1 Å². The maximum Gasteiger partial charge on any atom is 0.277 e. The molecule has 8 N–H and O–H groups in total. The van der Waals surface area contributed by atoms with Crippen LogP contribution in [-0.2, 0) is 11.3 Å². The molecule has 1 unspecified atom stereocenters. The molecule has 0 saturated carbocycles. The largest absolute Gasteiger partial charge is 0.504 e. The minimum atomic E-state index is -1.65. The number of phenols is 3. The van der Waals surface area contributed by atoms with Crippen LogP contribution in [0.3, 0.4) is 0 Å². The summed E-state index contributed by atoms with van der Waals surface area (Å²) in [6.07, 6.45) is -1.65. The van der Waals surface area contributed by atoms with Crippen LogP contribution < -0.4 is 16.6 Å². The molecular formula is C9H13N3O5. The summed E-state index contributed by atoms with van der Waals surface area (Å²) in [7, 11) is 0. The molecule has 0 bridgehead atoms. The van der Waals surface area contributed by atoms with Crippen LogP contribution in [0.25, 0.3) is 0 Å². The summed E-state index contributed by atoms with van der Waals surface area (Å²) in [5, 5.41) is 36.3. The van der Waals surface area contributed by atoms with Gasteiger partial charge in [-0.05, 0) is 6.07 Å². The molecule has 1 atom stereocenters. The first-order valence-corrected chi connectivity index (χ1v) is 4.62. The highest BCUT2D eigenvalue weighted by molar-refractivity contribution is 5.79. The monoisotopic (exact) mass is 243 g/mol. The highest BCUT2D eigenvalue weighted by atomic mass is 16.3. The fraction of sp³-hybridized carbons (Fsp3) is 0.222. The third kappa shape index (κ3) is 3.21. The van der Waals surface area contributed by atoms with Crippen molar-refractivity contribution in [2.75, 3.05) is 0 Å². The van der Waals surface area contributed by atoms with Crippen molar-refractivity contribution in [3.8, 4) is 17.2 Å². The standard InChI is InChI=1S/C9H13N3O5/c10-8(16)9(17)12-11-3-4-1-2-5(13)7(15)6(4)14/h1-2,8,11,13-16H,3,10H2,(H,12,17). The first-order chi connectivity index (χ1) is 7.93. The van der Waals surface area contributed by atoms with Gasteiger partial charge in [0.2, 0.25) is 5.75 Å². The van der Waals surface area contributed by atoms with Crippen LogP contribution in [0, 0.1) is 0 Å². The van der Waals surface area contributed by atoms with Gasteiger partial charge in [-0.15, -0.1) is 0 Å². The quantitative estimate of drug-likeness (QED) is 0.187. The van der Waals surface area contributed by atoms with Gasteiger partial charge < -0.3 is 20.4 Å². The summed E-state index contributed by atoms with van der Waals surface area (Å²) in [5.74, 6) is -2.44. The van der Waals surface area contributed by atoms with E-state index in [0.717, 1.165) is 0 Å². The Morgan fingerprint density at radius 2 is 1.94 bits per heavy atom. The molecule has 1 amide bonds. The van der Waals surface area contributed by atoms with Crippen LogP contribution in [0.2, 0.25) is 0 Å². The van der Waals surface area contributed by atoms with Gasteiger partial charge in [-0.3, -0.25) is 16.0 Å². The van der Waals surface area contributed by atoms with E-state index in [1.165, 1.54) is 12.1 Å². The molecule has 0 radical (unpaired) electrons. The zero-order valence-electron chi connectivity index (χ0n) is 8.71. The number of nitrogens with one attached hydrogen (secondary N) is 2. The van der Waals surface area contributed by atoms with E-state index in [9.17, 15) is 15.0 Å². The number of hydrogen-bond acceptors (Lipinski definition) is 7. The lowest BCUT2D eigenvalue weighted by Gasteiger charge is -2.10. The zero-order chi connectivity index (χ0) is 13.0. The number of aliphatic hydroxyl groups is 1. The van der Waals surface area contributed by atoms with Gasteiger partial charge in [0.25, 0.3) is 5.91 Å². The van der Waals surface area contributed by atoms with Crippen molar-refractivity contribution in [2.24, 2.45) is 5.73 Å². The van der Waals surface area contributed by atoms with Crippen molar-refractivity contribution in [1.82, 2.24) is 10.9 Å². The van der Waals surface area contributed by atoms with Gasteiger partial charge in [0.15, 0.2) is 17.7 Å². The van der Waals surface area contributed by atoms with Crippen molar-refractivity contribution in [3.63, 3.8) is 0 Å². The van der Waals surface area contributed by atoms with E-state index in [4.69, 9.17) is 15.9 Å². The van der Waals surface area contributed by atoms with Crippen LogP contribution in [0.4, 0.5) is 0 Å². The Kier molecular flexibility index (Phi) is 4.10. The summed E-state index contributed by atoms with van der Waals surface area (Å²) >= 11 is 0. The van der Waals surface area contributed by atoms with Crippen molar-refractivity contribution in [3.05, 3.63) is 17.7 Å². The predicted molar refractivity (Wildman–Crippen MR) is 56.6 cm³/mol. The molecule has 0 heterocycles. The number of aliphatic hydroxyl groups excluding tert-OH is 1. The van der Waals surface area contributed by atoms with Crippen LogP contribution in [-0.4, -0.2) is 32.6 Å². The minimum absolute atomic E-state index is 0.0296. The number of amides is 1. The molecule has 1 rings (SSSR count). The molecule has 8 nitrogen and oxygen atoms in total. The summed E-state index contributed by atoms with van der Waals surface area (Å²) in [6, 6.07) is 2.54. The second kappa shape index (κ2) is 5.34. The first-order valence-electron chi connectivity index (χ1n) is 4.62. The minimum Gasteiger partial charge on any atom is -0.504 e. The normalized spacial score (nSPS) is 12.1. The van der Waals surface area contributed by atoms with E-state index in [0.29, 0.717) is 0 Å². The van der Waals surface area contributed by atoms with Crippen molar-refractivity contribution in [2.45, 2.75) is 12.8 Å². The van der Waals surface area contributed by atoms with Crippen LogP contribution in [0.5, 0.6) is 17.2 Å². The van der Waals surface area contributed by atoms with Crippen molar-refractivity contribution < 1.29 is 25.2 Å². The highest BCUT2D eigenvalue weighted by Gasteiger charge is 2.12. The van der Waals surface area contributed by atoms with E-state index in [1.807, 2.05) is 0 Å². The molecule has 0 aromatic heterocycles. The number of rotatable bonds is 4. The van der Waals surface area contributed by atoms with Gasteiger partial charge in [-0.1, -0.05) is 6.07 Å². The predicted octanol–water partition coefficient (Wildman–Crippen LogP) is -1.80. The molecule has 0 aliphatic rings. The lowest BCUT2D eigenvalue weighted by molar-refractivity contribution is -0.130. The van der Waals surface area contributed by atoms with Gasteiger partial charge >= 0.3 is 0 Å². The average Bonchev–Trinajstić information content (AvgIpc) is 2.28. The zero-order valence-corrected chi connectivity index (χ0v) is 8.71. The molecule has 0 saturated heterocycles. The number of hydrazine groups is 1. The fourth-order valence-electron chi connectivity index (χ4n) is 1.05. The molecule has 0 aliphatic carbocycles. The molecule has 17 heavy (non-hydrogen) atoms. The second-order valence-corrected chi connectivity index (χ2v) is 3.23. The summed E-state index contributed by atoms with van der Waals surface area (Å²) in [4.78, 5) is 10.8. The molecule has 94 valence electrons. The maximum absolute atomic E-state index is 10.8. The number of benzene rings is 1. The van der Waals surface area contributed by atoms with Crippen LogP contribution >= 0.6 is 0 Å². The van der Waals surface area contributed by atoms with E-state index < -0.39 is 29.4 Å². The number of carbonyl (C=O) groups is 1. The molecular weight excluding hydrogens is 230 g/mol. The van der Waals surface area contributed by atoms with Gasteiger partial charge in [0.05, 0.1) is 0 Å². The lowest BCUT2D eigenvalue weighted by Crippen LogP contribution is -2.46. The van der Waals surface area contributed by atoms with E-state index in [-0.39, 0.29) is 12.1 Å². The molecule has 1 aromatic rings. The van der Waals surface area contributed by atoms with Crippen molar-refractivity contribution in [1.29, 1.82) is 0 Å². The third-order valence-electron chi connectivity index (χ3n) is 1.97. The second-order valence-electron chi connectivity index (χ2n) is 3.23. The molecule has 0 fully saturated rings. The highest BCUT2D eigenvalue weighted by Crippen LogP contribution is 2.36. The van der Waals surface area contributed by atoms with E-state index in [2.05, 4.69) is 10.9 Å². The molecule has 1 aromatic carbocycles. The van der Waals surface area contributed by atoms with Gasteiger partial charge in [-0.2, -0.15) is 0 Å².